The molecule has 4 aromatic carbocycles. The Labute approximate surface area is 415 Å². The first kappa shape index (κ1) is 50.0. The Kier molecular flexibility index (Phi) is 16.7. The highest BCUT2D eigenvalue weighted by Gasteiger charge is 2.25. The molecule has 4 amide bonds. The quantitative estimate of drug-likeness (QED) is 0.0587. The summed E-state index contributed by atoms with van der Waals surface area (Å²) in [5, 5.41) is 20.7. The fraction of sp³-hybridized carbons (Fsp3) is 0.128. The number of nitrogens with zero attached hydrogens (tertiary/aromatic N) is 3. The van der Waals surface area contributed by atoms with Crippen LogP contribution in [0.3, 0.4) is 0 Å². The van der Waals surface area contributed by atoms with Crippen LogP contribution in [0.25, 0.3) is 5.57 Å². The number of hydrogen-bond acceptors (Lipinski definition) is 9. The van der Waals surface area contributed by atoms with Crippen LogP contribution in [-0.4, -0.2) is 71.6 Å². The number of aromatic nitrogens is 2. The standard InChI is InChI=1S/C24H20Cl3N5O3.C23H18Cl3N3O3/c1-35-19-11-15(26)10-17(24(34)30-20-6-4-14(25)12-29-20)21(19)31-23(33)16-5-3-13(9-18(16)27)22(28)32-7-2-8-32;1-12(2)13-4-6-16(18(26)8-13)22(30)29-21-17(9-15(25)10-19(21)32-3)23(31)28-20-7-5-14(24)11-27-20/h3-6,9-12,28H,2,7-8H2,1H3,(H,31,33)(H,29,30,34);4-11H,1H2,2-3H3,(H,29,30)(H,27,28,31). The molecule has 67 heavy (non-hydrogen) atoms. The van der Waals surface area contributed by atoms with Gasteiger partial charge in [0.15, 0.2) is 0 Å². The van der Waals surface area contributed by atoms with Crippen LogP contribution < -0.4 is 30.7 Å². The van der Waals surface area contributed by atoms with Crippen LogP contribution in [0.2, 0.25) is 30.1 Å². The Morgan fingerprint density at radius 3 is 1.34 bits per heavy atom. The Morgan fingerprint density at radius 1 is 0.567 bits per heavy atom. The lowest BCUT2D eigenvalue weighted by Crippen LogP contribution is -2.42. The highest BCUT2D eigenvalue weighted by Crippen LogP contribution is 2.36. The molecule has 20 heteroatoms. The van der Waals surface area contributed by atoms with Gasteiger partial charge < -0.3 is 35.6 Å². The van der Waals surface area contributed by atoms with E-state index in [4.69, 9.17) is 84.5 Å². The van der Waals surface area contributed by atoms with E-state index in [9.17, 15) is 19.2 Å². The van der Waals surface area contributed by atoms with E-state index in [1.807, 2.05) is 11.8 Å². The number of benzene rings is 4. The summed E-state index contributed by atoms with van der Waals surface area (Å²) in [4.78, 5) is 62.1. The molecule has 1 fully saturated rings. The number of carbonyl (C=O) groups excluding carboxylic acids is 4. The van der Waals surface area contributed by atoms with E-state index < -0.39 is 23.6 Å². The number of pyridine rings is 2. The number of nitrogens with one attached hydrogen (secondary N) is 5. The Bertz CT molecular complexity index is 2910. The van der Waals surface area contributed by atoms with Crippen LogP contribution >= 0.6 is 69.6 Å². The van der Waals surface area contributed by atoms with Crippen molar-refractivity contribution in [2.45, 2.75) is 13.3 Å². The minimum atomic E-state index is -0.569. The van der Waals surface area contributed by atoms with Crippen LogP contribution in [-0.2, 0) is 0 Å². The number of rotatable bonds is 12. The number of methoxy groups -OCH3 is 2. The van der Waals surface area contributed by atoms with Gasteiger partial charge in [-0.1, -0.05) is 93.9 Å². The van der Waals surface area contributed by atoms with Crippen molar-refractivity contribution in [3.63, 3.8) is 0 Å². The second-order valence-electron chi connectivity index (χ2n) is 14.5. The lowest BCUT2D eigenvalue weighted by Gasteiger charge is -2.33. The predicted molar refractivity (Wildman–Crippen MR) is 267 cm³/mol. The van der Waals surface area contributed by atoms with Gasteiger partial charge in [-0.15, -0.1) is 0 Å². The third-order valence-electron chi connectivity index (χ3n) is 9.84. The normalized spacial score (nSPS) is 11.5. The summed E-state index contributed by atoms with van der Waals surface area (Å²) in [7, 11) is 2.80. The van der Waals surface area contributed by atoms with Gasteiger partial charge in [0.2, 0.25) is 0 Å². The summed E-state index contributed by atoms with van der Waals surface area (Å²) in [5.41, 5.74) is 3.02. The molecule has 0 atom stereocenters. The van der Waals surface area contributed by atoms with Gasteiger partial charge >= 0.3 is 0 Å². The number of anilines is 4. The summed E-state index contributed by atoms with van der Waals surface area (Å²) in [5.74, 6) is -0.923. The van der Waals surface area contributed by atoms with Crippen LogP contribution in [0.4, 0.5) is 23.0 Å². The molecular formula is C47H38Cl6N8O6. The van der Waals surface area contributed by atoms with E-state index in [1.54, 1.807) is 60.7 Å². The molecule has 3 heterocycles. The number of hydrogen-bond donors (Lipinski definition) is 5. The smallest absolute Gasteiger partial charge is 0.259 e. The van der Waals surface area contributed by atoms with Gasteiger partial charge in [0, 0.05) is 53.2 Å². The van der Waals surface area contributed by atoms with Gasteiger partial charge in [0.05, 0.1) is 67.9 Å². The molecule has 6 aromatic rings. The molecule has 2 aromatic heterocycles. The molecular weight excluding hydrogens is 985 g/mol. The summed E-state index contributed by atoms with van der Waals surface area (Å²) in [6.07, 6.45) is 3.84. The third-order valence-corrected chi connectivity index (χ3v) is 11.4. The van der Waals surface area contributed by atoms with Gasteiger partial charge in [-0.3, -0.25) is 24.6 Å². The summed E-state index contributed by atoms with van der Waals surface area (Å²) in [6, 6.07) is 21.8. The number of carbonyl (C=O) groups is 4. The fourth-order valence-corrected chi connectivity index (χ4v) is 7.44. The van der Waals surface area contributed by atoms with Crippen molar-refractivity contribution in [2.75, 3.05) is 48.6 Å². The minimum absolute atomic E-state index is 0.0618. The van der Waals surface area contributed by atoms with Gasteiger partial charge in [0.25, 0.3) is 23.6 Å². The first-order chi connectivity index (χ1) is 32.0. The minimum Gasteiger partial charge on any atom is -0.494 e. The molecule has 14 nitrogen and oxygen atoms in total. The molecule has 0 unspecified atom stereocenters. The lowest BCUT2D eigenvalue weighted by molar-refractivity contribution is 0.101. The van der Waals surface area contributed by atoms with Crippen molar-refractivity contribution < 1.29 is 28.7 Å². The highest BCUT2D eigenvalue weighted by molar-refractivity contribution is 6.36. The molecule has 1 saturated heterocycles. The van der Waals surface area contributed by atoms with Crippen LogP contribution in [0.5, 0.6) is 11.5 Å². The number of amides is 4. The maximum absolute atomic E-state index is 13.1. The number of allylic oxidation sites excluding steroid dienone is 1. The Hall–Kier alpha value is -6.39. The van der Waals surface area contributed by atoms with Crippen molar-refractivity contribution in [2.24, 2.45) is 0 Å². The summed E-state index contributed by atoms with van der Waals surface area (Å²) >= 11 is 36.7. The monoisotopic (exact) mass is 1020 g/mol. The van der Waals surface area contributed by atoms with Crippen LogP contribution in [0, 0.1) is 5.41 Å². The molecule has 0 spiro atoms. The van der Waals surface area contributed by atoms with Gasteiger partial charge in [-0.05, 0) is 79.6 Å². The number of amidine groups is 1. The van der Waals surface area contributed by atoms with E-state index in [-0.39, 0.29) is 76.9 Å². The van der Waals surface area contributed by atoms with Gasteiger partial charge in [-0.25, -0.2) is 9.97 Å². The van der Waals surface area contributed by atoms with Gasteiger partial charge in [-0.2, -0.15) is 0 Å². The van der Waals surface area contributed by atoms with Crippen molar-refractivity contribution in [1.29, 1.82) is 5.41 Å². The molecule has 1 aliphatic heterocycles. The SMILES string of the molecule is C=C(C)c1ccc(C(=O)Nc2c(OC)cc(Cl)cc2C(=O)Nc2ccc(Cl)cn2)c(Cl)c1.COc1cc(Cl)cc(C(=O)Nc2ccc(Cl)cn2)c1NC(=O)c1ccc(C(=N)N2CCC2)cc1Cl. The molecule has 0 radical (unpaired) electrons. The van der Waals surface area contributed by atoms with E-state index in [1.165, 1.54) is 50.9 Å². The first-order valence-electron chi connectivity index (χ1n) is 19.8. The molecule has 0 saturated carbocycles. The molecule has 7 rings (SSSR count). The largest absolute Gasteiger partial charge is 0.494 e. The van der Waals surface area contributed by atoms with Crippen molar-refractivity contribution in [3.8, 4) is 11.5 Å². The van der Waals surface area contributed by atoms with Crippen LogP contribution in [0.1, 0.15) is 65.9 Å². The topological polar surface area (TPSA) is 188 Å². The molecule has 1 aliphatic rings. The zero-order valence-corrected chi connectivity index (χ0v) is 40.2. The fourth-order valence-electron chi connectivity index (χ4n) is 6.26. The second kappa shape index (κ2) is 22.4. The summed E-state index contributed by atoms with van der Waals surface area (Å²) in [6.45, 7) is 7.35. The molecule has 0 bridgehead atoms. The maximum Gasteiger partial charge on any atom is 0.259 e. The Balaban J connectivity index is 0.000000222. The molecule has 0 aliphatic carbocycles. The molecule has 344 valence electrons. The third kappa shape index (κ3) is 12.5. The zero-order chi connectivity index (χ0) is 48.5. The predicted octanol–water partition coefficient (Wildman–Crippen LogP) is 12.2. The number of ether oxygens (including phenoxy) is 2. The van der Waals surface area contributed by atoms with E-state index in [2.05, 4.69) is 37.8 Å². The van der Waals surface area contributed by atoms with Crippen molar-refractivity contribution >= 4 is 128 Å². The van der Waals surface area contributed by atoms with Gasteiger partial charge in [0.1, 0.15) is 29.0 Å². The van der Waals surface area contributed by atoms with E-state index in [0.29, 0.717) is 21.4 Å². The number of likely N-dealkylation sites (tertiary alicyclic amines) is 1. The second-order valence-corrected chi connectivity index (χ2v) is 17.0. The van der Waals surface area contributed by atoms with Crippen molar-refractivity contribution in [1.82, 2.24) is 14.9 Å². The maximum atomic E-state index is 13.1. The number of halogens is 6. The van der Waals surface area contributed by atoms with E-state index >= 15 is 0 Å². The first-order valence-corrected chi connectivity index (χ1v) is 22.1. The average molecular weight is 1020 g/mol. The summed E-state index contributed by atoms with van der Waals surface area (Å²) < 4.78 is 10.7. The van der Waals surface area contributed by atoms with Crippen molar-refractivity contribution in [3.05, 3.63) is 167 Å². The van der Waals surface area contributed by atoms with E-state index in [0.717, 1.165) is 30.6 Å². The Morgan fingerprint density at radius 2 is 0.985 bits per heavy atom. The highest BCUT2D eigenvalue weighted by atomic mass is 35.5. The lowest BCUT2D eigenvalue weighted by atomic mass is 10.1. The molecule has 5 N–H and O–H groups in total. The van der Waals surface area contributed by atoms with Crippen LogP contribution in [0.15, 0.2) is 104 Å². The zero-order valence-electron chi connectivity index (χ0n) is 35.6. The average Bonchev–Trinajstić information content (AvgIpc) is 3.28.